The van der Waals surface area contributed by atoms with Crippen LogP contribution in [0.4, 0.5) is 5.69 Å². The molecule has 1 aromatic heterocycles. The minimum Gasteiger partial charge on any atom is -0.351 e. The van der Waals surface area contributed by atoms with Crippen LogP contribution in [0, 0.1) is 10.1 Å². The van der Waals surface area contributed by atoms with Crippen LogP contribution in [0.2, 0.25) is 0 Å². The molecule has 0 bridgehead atoms. The summed E-state index contributed by atoms with van der Waals surface area (Å²) in [6, 6.07) is 14.5. The molecule has 27 heavy (non-hydrogen) atoms. The van der Waals surface area contributed by atoms with Gasteiger partial charge in [-0.1, -0.05) is 30.3 Å². The summed E-state index contributed by atoms with van der Waals surface area (Å²) < 4.78 is 1.54. The first kappa shape index (κ1) is 18.7. The van der Waals surface area contributed by atoms with E-state index in [0.717, 1.165) is 11.5 Å². The lowest BCUT2D eigenvalue weighted by molar-refractivity contribution is -0.384. The zero-order valence-electron chi connectivity index (χ0n) is 14.4. The Kier molecular flexibility index (Phi) is 6.22. The molecule has 3 rings (SSSR count). The number of nitro benzene ring substituents is 1. The maximum atomic E-state index is 12.3. The molecule has 8 heteroatoms. The van der Waals surface area contributed by atoms with Gasteiger partial charge in [-0.05, 0) is 17.7 Å². The lowest BCUT2D eigenvalue weighted by atomic mass is 10.1. The number of nitro groups is 1. The summed E-state index contributed by atoms with van der Waals surface area (Å²) in [5, 5.41) is 14.2. The van der Waals surface area contributed by atoms with Crippen molar-refractivity contribution in [2.45, 2.75) is 5.75 Å². The van der Waals surface area contributed by atoms with E-state index in [1.165, 1.54) is 24.2 Å². The maximum absolute atomic E-state index is 12.3. The highest BCUT2D eigenvalue weighted by atomic mass is 32.2. The second-order valence-electron chi connectivity index (χ2n) is 5.72. The Bertz CT molecular complexity index is 914. The van der Waals surface area contributed by atoms with Crippen molar-refractivity contribution in [3.63, 3.8) is 0 Å². The van der Waals surface area contributed by atoms with Crippen LogP contribution in [-0.2, 0) is 5.75 Å². The molecule has 0 spiro atoms. The summed E-state index contributed by atoms with van der Waals surface area (Å²) in [6.07, 6.45) is 4.63. The molecule has 0 aliphatic rings. The third-order valence-electron chi connectivity index (χ3n) is 3.86. The number of thioether (sulfide) groups is 1. The van der Waals surface area contributed by atoms with Gasteiger partial charge in [-0.2, -0.15) is 11.8 Å². The van der Waals surface area contributed by atoms with Crippen LogP contribution in [0.25, 0.3) is 5.69 Å². The van der Waals surface area contributed by atoms with Gasteiger partial charge in [-0.3, -0.25) is 14.9 Å². The Morgan fingerprint density at radius 1 is 1.22 bits per heavy atom. The Hall–Kier alpha value is -3.13. The van der Waals surface area contributed by atoms with Gasteiger partial charge in [0.15, 0.2) is 0 Å². The van der Waals surface area contributed by atoms with Crippen molar-refractivity contribution in [3.8, 4) is 5.69 Å². The predicted molar refractivity (Wildman–Crippen MR) is 105 cm³/mol. The van der Waals surface area contributed by atoms with Crippen LogP contribution >= 0.6 is 11.8 Å². The molecule has 3 aromatic rings. The number of aromatic nitrogens is 2. The second-order valence-corrected chi connectivity index (χ2v) is 6.83. The number of rotatable bonds is 8. The highest BCUT2D eigenvalue weighted by molar-refractivity contribution is 7.98. The smallest absolute Gasteiger partial charge is 0.294 e. The fourth-order valence-corrected chi connectivity index (χ4v) is 3.35. The highest BCUT2D eigenvalue weighted by Crippen LogP contribution is 2.24. The van der Waals surface area contributed by atoms with E-state index in [4.69, 9.17) is 0 Å². The molecular weight excluding hydrogens is 364 g/mol. The molecular formula is C19H18N4O3S. The first-order valence-corrected chi connectivity index (χ1v) is 9.47. The van der Waals surface area contributed by atoms with Crippen LogP contribution in [0.1, 0.15) is 15.9 Å². The lowest BCUT2D eigenvalue weighted by Gasteiger charge is -2.08. The minimum absolute atomic E-state index is 0.140. The summed E-state index contributed by atoms with van der Waals surface area (Å²) in [6.45, 7) is 0.493. The third kappa shape index (κ3) is 4.95. The quantitative estimate of drug-likeness (QED) is 0.366. The van der Waals surface area contributed by atoms with Gasteiger partial charge in [0.1, 0.15) is 5.69 Å². The van der Waals surface area contributed by atoms with Crippen LogP contribution in [0.5, 0.6) is 0 Å². The van der Waals surface area contributed by atoms with Gasteiger partial charge in [0.25, 0.3) is 11.6 Å². The molecule has 0 aliphatic heterocycles. The minimum atomic E-state index is -0.498. The molecule has 0 aliphatic carbocycles. The summed E-state index contributed by atoms with van der Waals surface area (Å²) in [4.78, 5) is 27.0. The molecule has 0 radical (unpaired) electrons. The number of nitrogens with one attached hydrogen (secondary N) is 1. The summed E-state index contributed by atoms with van der Waals surface area (Å²) in [5.41, 5.74) is 1.73. The lowest BCUT2D eigenvalue weighted by Crippen LogP contribution is -2.25. The van der Waals surface area contributed by atoms with Gasteiger partial charge >= 0.3 is 0 Å². The number of benzene rings is 2. The topological polar surface area (TPSA) is 90.1 Å². The van der Waals surface area contributed by atoms with E-state index in [0.29, 0.717) is 12.2 Å². The van der Waals surface area contributed by atoms with Crippen LogP contribution in [-0.4, -0.2) is 32.7 Å². The molecule has 7 nitrogen and oxygen atoms in total. The Labute approximate surface area is 160 Å². The average Bonchev–Trinajstić information content (AvgIpc) is 3.22. The van der Waals surface area contributed by atoms with E-state index in [2.05, 4.69) is 22.4 Å². The highest BCUT2D eigenvalue weighted by Gasteiger charge is 2.18. The van der Waals surface area contributed by atoms with Crippen molar-refractivity contribution in [1.29, 1.82) is 0 Å². The molecule has 0 saturated heterocycles. The van der Waals surface area contributed by atoms with Gasteiger partial charge in [0, 0.05) is 42.1 Å². The Morgan fingerprint density at radius 2 is 2.04 bits per heavy atom. The van der Waals surface area contributed by atoms with E-state index in [9.17, 15) is 14.9 Å². The van der Waals surface area contributed by atoms with E-state index in [-0.39, 0.29) is 17.2 Å². The largest absolute Gasteiger partial charge is 0.351 e. The molecule has 1 N–H and O–H groups in total. The molecule has 1 amide bonds. The first-order valence-electron chi connectivity index (χ1n) is 8.32. The van der Waals surface area contributed by atoms with Gasteiger partial charge in [-0.15, -0.1) is 0 Å². The molecule has 1 heterocycles. The maximum Gasteiger partial charge on any atom is 0.294 e. The van der Waals surface area contributed by atoms with Crippen LogP contribution in [0.3, 0.4) is 0 Å². The number of hydrogen-bond donors (Lipinski definition) is 1. The fraction of sp³-hybridized carbons (Fsp3) is 0.158. The molecule has 0 atom stereocenters. The van der Waals surface area contributed by atoms with Gasteiger partial charge in [0.05, 0.1) is 11.3 Å². The van der Waals surface area contributed by atoms with E-state index in [1.54, 1.807) is 34.7 Å². The van der Waals surface area contributed by atoms with E-state index < -0.39 is 4.92 Å². The van der Waals surface area contributed by atoms with E-state index in [1.807, 2.05) is 18.2 Å². The Morgan fingerprint density at radius 3 is 2.74 bits per heavy atom. The molecule has 0 unspecified atom stereocenters. The summed E-state index contributed by atoms with van der Waals surface area (Å²) >= 11 is 1.72. The number of carbonyl (C=O) groups is 1. The number of hydrogen-bond acceptors (Lipinski definition) is 5. The van der Waals surface area contributed by atoms with Gasteiger partial charge in [0.2, 0.25) is 0 Å². The van der Waals surface area contributed by atoms with Crippen molar-refractivity contribution >= 4 is 23.4 Å². The molecule has 0 fully saturated rings. The standard InChI is InChI=1S/C19H18N4O3S/c24-19(21-9-11-27-13-15-4-2-1-3-5-15)16-6-7-17(18(12-16)23(25)26)22-10-8-20-14-22/h1-8,10,12,14H,9,11,13H2,(H,21,24). The van der Waals surface area contributed by atoms with E-state index >= 15 is 0 Å². The summed E-state index contributed by atoms with van der Waals surface area (Å²) in [5.74, 6) is 1.31. The average molecular weight is 382 g/mol. The predicted octanol–water partition coefficient (Wildman–Crippen LogP) is 3.44. The molecule has 0 saturated carbocycles. The summed E-state index contributed by atoms with van der Waals surface area (Å²) in [7, 11) is 0. The first-order chi connectivity index (χ1) is 13.1. The van der Waals surface area contributed by atoms with Crippen LogP contribution < -0.4 is 5.32 Å². The number of amides is 1. The number of imidazole rings is 1. The van der Waals surface area contributed by atoms with Crippen LogP contribution in [0.15, 0.2) is 67.3 Å². The van der Waals surface area contributed by atoms with Crippen molar-refractivity contribution in [1.82, 2.24) is 14.9 Å². The number of nitrogens with zero attached hydrogens (tertiary/aromatic N) is 3. The van der Waals surface area contributed by atoms with Gasteiger partial charge in [-0.25, -0.2) is 4.98 Å². The van der Waals surface area contributed by atoms with Crippen molar-refractivity contribution in [2.75, 3.05) is 12.3 Å². The number of carbonyl (C=O) groups excluding carboxylic acids is 1. The fourth-order valence-electron chi connectivity index (χ4n) is 2.53. The SMILES string of the molecule is O=C(NCCSCc1ccccc1)c1ccc(-n2ccnc2)c([N+](=O)[O-])c1. The third-order valence-corrected chi connectivity index (χ3v) is 4.89. The molecule has 138 valence electrons. The zero-order chi connectivity index (χ0) is 19.1. The Balaban J connectivity index is 1.56. The zero-order valence-corrected chi connectivity index (χ0v) is 15.3. The molecule has 2 aromatic carbocycles. The van der Waals surface area contributed by atoms with Crippen molar-refractivity contribution in [2.24, 2.45) is 0 Å². The van der Waals surface area contributed by atoms with Crippen molar-refractivity contribution in [3.05, 3.63) is 88.5 Å². The van der Waals surface area contributed by atoms with Crippen molar-refractivity contribution < 1.29 is 9.72 Å². The normalized spacial score (nSPS) is 10.5. The second kappa shape index (κ2) is 9.00. The monoisotopic (exact) mass is 382 g/mol. The van der Waals surface area contributed by atoms with Gasteiger partial charge < -0.3 is 9.88 Å².